The van der Waals surface area contributed by atoms with Gasteiger partial charge in [-0.05, 0) is 18.7 Å². The first-order valence-electron chi connectivity index (χ1n) is 5.75. The van der Waals surface area contributed by atoms with Gasteiger partial charge in [0.25, 0.3) is 0 Å². The summed E-state index contributed by atoms with van der Waals surface area (Å²) in [5.74, 6) is 0. The molecule has 0 amide bonds. The van der Waals surface area contributed by atoms with Gasteiger partial charge >= 0.3 is 6.18 Å². The summed E-state index contributed by atoms with van der Waals surface area (Å²) >= 11 is 0. The smallest absolute Gasteiger partial charge is 0.309 e. The summed E-state index contributed by atoms with van der Waals surface area (Å²) in [7, 11) is 3.36. The fraction of sp³-hybridized carbons (Fsp3) is 0.308. The minimum Gasteiger partial charge on any atom is -0.309 e. The van der Waals surface area contributed by atoms with E-state index in [2.05, 4.69) is 10.4 Å². The molecule has 1 heterocycles. The molecule has 1 aromatic carbocycles. The topological polar surface area (TPSA) is 29.9 Å². The molecule has 0 bridgehead atoms. The standard InChI is InChI=1S/C13H14F3N3/c1-17-12(9-7-18-19(2)8-9)10-5-3-4-6-11(10)13(14,15)16/h3-8,12,17H,1-2H3. The summed E-state index contributed by atoms with van der Waals surface area (Å²) in [6, 6.07) is 5.03. The molecule has 6 heteroatoms. The number of rotatable bonds is 3. The number of hydrogen-bond acceptors (Lipinski definition) is 2. The monoisotopic (exact) mass is 269 g/mol. The lowest BCUT2D eigenvalue weighted by Gasteiger charge is -2.20. The Labute approximate surface area is 109 Å². The maximum Gasteiger partial charge on any atom is 0.416 e. The molecule has 102 valence electrons. The Morgan fingerprint density at radius 1 is 1.26 bits per heavy atom. The third-order valence-electron chi connectivity index (χ3n) is 2.92. The van der Waals surface area contributed by atoms with Crippen LogP contribution in [-0.2, 0) is 13.2 Å². The van der Waals surface area contributed by atoms with Crippen LogP contribution in [0.25, 0.3) is 0 Å². The molecule has 0 aliphatic carbocycles. The van der Waals surface area contributed by atoms with Crippen molar-refractivity contribution in [2.75, 3.05) is 7.05 Å². The number of nitrogens with one attached hydrogen (secondary N) is 1. The Morgan fingerprint density at radius 3 is 2.47 bits per heavy atom. The molecule has 1 atom stereocenters. The van der Waals surface area contributed by atoms with Crippen molar-refractivity contribution in [3.63, 3.8) is 0 Å². The van der Waals surface area contributed by atoms with E-state index in [1.54, 1.807) is 37.2 Å². The zero-order valence-corrected chi connectivity index (χ0v) is 10.6. The van der Waals surface area contributed by atoms with Crippen molar-refractivity contribution < 1.29 is 13.2 Å². The third kappa shape index (κ3) is 2.78. The van der Waals surface area contributed by atoms with Crippen molar-refractivity contribution in [3.05, 3.63) is 53.3 Å². The summed E-state index contributed by atoms with van der Waals surface area (Å²) < 4.78 is 40.6. The zero-order valence-electron chi connectivity index (χ0n) is 10.6. The summed E-state index contributed by atoms with van der Waals surface area (Å²) in [4.78, 5) is 0. The number of hydrogen-bond donors (Lipinski definition) is 1. The molecular weight excluding hydrogens is 255 g/mol. The van der Waals surface area contributed by atoms with Crippen LogP contribution in [0.15, 0.2) is 36.7 Å². The van der Waals surface area contributed by atoms with E-state index in [9.17, 15) is 13.2 Å². The van der Waals surface area contributed by atoms with Gasteiger partial charge in [0.15, 0.2) is 0 Å². The van der Waals surface area contributed by atoms with E-state index in [1.165, 1.54) is 12.1 Å². The summed E-state index contributed by atoms with van der Waals surface area (Å²) in [6.45, 7) is 0. The first-order valence-corrected chi connectivity index (χ1v) is 5.75. The second-order valence-corrected chi connectivity index (χ2v) is 4.25. The number of alkyl halides is 3. The lowest BCUT2D eigenvalue weighted by molar-refractivity contribution is -0.138. The molecule has 1 N–H and O–H groups in total. The lowest BCUT2D eigenvalue weighted by Crippen LogP contribution is -2.21. The molecule has 0 aliphatic heterocycles. The van der Waals surface area contributed by atoms with Crippen LogP contribution in [0.2, 0.25) is 0 Å². The maximum atomic E-state index is 13.0. The van der Waals surface area contributed by atoms with E-state index in [-0.39, 0.29) is 5.56 Å². The predicted octanol–water partition coefficient (Wildman–Crippen LogP) is 2.75. The van der Waals surface area contributed by atoms with E-state index in [4.69, 9.17) is 0 Å². The van der Waals surface area contributed by atoms with Gasteiger partial charge in [0.1, 0.15) is 0 Å². The largest absolute Gasteiger partial charge is 0.416 e. The van der Waals surface area contributed by atoms with Crippen LogP contribution in [0.1, 0.15) is 22.7 Å². The molecule has 0 fully saturated rings. The number of aryl methyl sites for hydroxylation is 1. The highest BCUT2D eigenvalue weighted by Gasteiger charge is 2.35. The van der Waals surface area contributed by atoms with Gasteiger partial charge in [-0.2, -0.15) is 18.3 Å². The van der Waals surface area contributed by atoms with Crippen LogP contribution in [-0.4, -0.2) is 16.8 Å². The maximum absolute atomic E-state index is 13.0. The third-order valence-corrected chi connectivity index (χ3v) is 2.92. The van der Waals surface area contributed by atoms with Crippen LogP contribution in [0.5, 0.6) is 0 Å². The van der Waals surface area contributed by atoms with E-state index in [1.807, 2.05) is 0 Å². The van der Waals surface area contributed by atoms with Gasteiger partial charge < -0.3 is 5.32 Å². The molecule has 1 aromatic heterocycles. The quantitative estimate of drug-likeness (QED) is 0.928. The minimum absolute atomic E-state index is 0.200. The van der Waals surface area contributed by atoms with Gasteiger partial charge in [-0.15, -0.1) is 0 Å². The van der Waals surface area contributed by atoms with Gasteiger partial charge in [0.05, 0.1) is 17.8 Å². The average molecular weight is 269 g/mol. The van der Waals surface area contributed by atoms with Gasteiger partial charge in [0, 0.05) is 18.8 Å². The van der Waals surface area contributed by atoms with Gasteiger partial charge in [-0.1, -0.05) is 18.2 Å². The van der Waals surface area contributed by atoms with Crippen molar-refractivity contribution in [1.29, 1.82) is 0 Å². The molecule has 0 radical (unpaired) electrons. The van der Waals surface area contributed by atoms with Crippen LogP contribution < -0.4 is 5.32 Å². The highest BCUT2D eigenvalue weighted by Crippen LogP contribution is 2.36. The fourth-order valence-corrected chi connectivity index (χ4v) is 2.10. The summed E-state index contributed by atoms with van der Waals surface area (Å²) in [5, 5.41) is 6.91. The fourth-order valence-electron chi connectivity index (χ4n) is 2.10. The SMILES string of the molecule is CNC(c1cnn(C)c1)c1ccccc1C(F)(F)F. The molecule has 0 aliphatic rings. The second kappa shape index (κ2) is 5.05. The Balaban J connectivity index is 2.50. The molecule has 0 saturated heterocycles. The highest BCUT2D eigenvalue weighted by atomic mass is 19.4. The Morgan fingerprint density at radius 2 is 1.95 bits per heavy atom. The number of benzene rings is 1. The van der Waals surface area contributed by atoms with E-state index in [0.29, 0.717) is 5.56 Å². The second-order valence-electron chi connectivity index (χ2n) is 4.25. The van der Waals surface area contributed by atoms with Crippen molar-refractivity contribution in [2.24, 2.45) is 7.05 Å². The average Bonchev–Trinajstić information content (AvgIpc) is 2.76. The first-order chi connectivity index (χ1) is 8.93. The van der Waals surface area contributed by atoms with Crippen LogP contribution in [0.3, 0.4) is 0 Å². The lowest BCUT2D eigenvalue weighted by atomic mass is 9.96. The molecule has 19 heavy (non-hydrogen) atoms. The predicted molar refractivity (Wildman–Crippen MR) is 65.6 cm³/mol. The van der Waals surface area contributed by atoms with Crippen molar-refractivity contribution in [3.8, 4) is 0 Å². The minimum atomic E-state index is -4.37. The Bertz CT molecular complexity index is 560. The van der Waals surface area contributed by atoms with Crippen LogP contribution in [0, 0.1) is 0 Å². The molecule has 3 nitrogen and oxygen atoms in total. The Hall–Kier alpha value is -1.82. The molecule has 2 aromatic rings. The van der Waals surface area contributed by atoms with Gasteiger partial charge in [-0.3, -0.25) is 4.68 Å². The first kappa shape index (κ1) is 13.6. The number of aromatic nitrogens is 2. The molecule has 2 rings (SSSR count). The molecule has 0 spiro atoms. The highest BCUT2D eigenvalue weighted by molar-refractivity contribution is 5.37. The van der Waals surface area contributed by atoms with Crippen LogP contribution >= 0.6 is 0 Å². The number of halogens is 3. The van der Waals surface area contributed by atoms with Crippen molar-refractivity contribution >= 4 is 0 Å². The summed E-state index contributed by atoms with van der Waals surface area (Å²) in [5.41, 5.74) is 0.269. The van der Waals surface area contributed by atoms with Crippen LogP contribution in [0.4, 0.5) is 13.2 Å². The molecule has 1 unspecified atom stereocenters. The zero-order chi connectivity index (χ0) is 14.0. The van der Waals surface area contributed by atoms with E-state index >= 15 is 0 Å². The van der Waals surface area contributed by atoms with E-state index in [0.717, 1.165) is 6.07 Å². The van der Waals surface area contributed by atoms with Crippen molar-refractivity contribution in [2.45, 2.75) is 12.2 Å². The van der Waals surface area contributed by atoms with Crippen molar-refractivity contribution in [1.82, 2.24) is 15.1 Å². The molecular formula is C13H14F3N3. The Kier molecular flexibility index (Phi) is 3.61. The van der Waals surface area contributed by atoms with E-state index < -0.39 is 17.8 Å². The summed E-state index contributed by atoms with van der Waals surface area (Å²) in [6.07, 6.45) is -1.10. The molecule has 0 saturated carbocycles. The van der Waals surface area contributed by atoms with Gasteiger partial charge in [-0.25, -0.2) is 0 Å². The normalized spacial score (nSPS) is 13.5. The van der Waals surface area contributed by atoms with Gasteiger partial charge in [0.2, 0.25) is 0 Å². The number of nitrogens with zero attached hydrogens (tertiary/aromatic N) is 2.